The highest BCUT2D eigenvalue weighted by Gasteiger charge is 2.29. The van der Waals surface area contributed by atoms with Crippen LogP contribution in [0.4, 0.5) is 5.69 Å². The number of guanidine groups is 1. The van der Waals surface area contributed by atoms with Crippen LogP contribution in [0.5, 0.6) is 0 Å². The molecule has 1 atom stereocenters. The molecule has 1 heterocycles. The molecule has 0 radical (unpaired) electrons. The predicted molar refractivity (Wildman–Crippen MR) is 84.3 cm³/mol. The van der Waals surface area contributed by atoms with Gasteiger partial charge in [-0.1, -0.05) is 41.9 Å². The predicted octanol–water partition coefficient (Wildman–Crippen LogP) is 3.52. The second-order valence-corrected chi connectivity index (χ2v) is 5.36. The molecule has 3 rings (SSSR count). The van der Waals surface area contributed by atoms with E-state index in [0.717, 1.165) is 5.69 Å². The lowest BCUT2D eigenvalue weighted by molar-refractivity contribution is 0.762. The third-order valence-electron chi connectivity index (χ3n) is 3.62. The molecule has 3 nitrogen and oxygen atoms in total. The van der Waals surface area contributed by atoms with E-state index in [1.165, 1.54) is 11.1 Å². The fourth-order valence-corrected chi connectivity index (χ4v) is 2.82. The topological polar surface area (TPSA) is 41.6 Å². The van der Waals surface area contributed by atoms with Gasteiger partial charge in [-0.25, -0.2) is 0 Å². The molecule has 0 saturated heterocycles. The highest BCUT2D eigenvalue weighted by molar-refractivity contribution is 6.30. The van der Waals surface area contributed by atoms with Crippen LogP contribution in [0.1, 0.15) is 17.2 Å². The van der Waals surface area contributed by atoms with Gasteiger partial charge >= 0.3 is 0 Å². The Kier molecular flexibility index (Phi) is 3.36. The maximum Gasteiger partial charge on any atom is 0.196 e. The van der Waals surface area contributed by atoms with Gasteiger partial charge in [-0.3, -0.25) is 4.99 Å². The van der Waals surface area contributed by atoms with E-state index < -0.39 is 0 Å². The molecule has 0 saturated carbocycles. The van der Waals surface area contributed by atoms with Crippen molar-refractivity contribution in [3.8, 4) is 0 Å². The summed E-state index contributed by atoms with van der Waals surface area (Å²) in [6, 6.07) is 16.2. The van der Waals surface area contributed by atoms with Gasteiger partial charge in [-0.2, -0.15) is 0 Å². The smallest absolute Gasteiger partial charge is 0.196 e. The van der Waals surface area contributed by atoms with Crippen LogP contribution in [0.15, 0.2) is 53.5 Å². The molecule has 1 unspecified atom stereocenters. The summed E-state index contributed by atoms with van der Waals surface area (Å²) in [7, 11) is 0. The van der Waals surface area contributed by atoms with Crippen molar-refractivity contribution in [3.05, 3.63) is 64.7 Å². The Labute approximate surface area is 123 Å². The first-order chi connectivity index (χ1) is 9.66. The van der Waals surface area contributed by atoms with Crippen LogP contribution >= 0.6 is 11.6 Å². The first-order valence-corrected chi connectivity index (χ1v) is 6.95. The zero-order valence-electron chi connectivity index (χ0n) is 11.3. The highest BCUT2D eigenvalue weighted by Crippen LogP contribution is 2.33. The van der Waals surface area contributed by atoms with Crippen molar-refractivity contribution in [3.63, 3.8) is 0 Å². The van der Waals surface area contributed by atoms with Gasteiger partial charge in [0.15, 0.2) is 5.96 Å². The van der Waals surface area contributed by atoms with Crippen LogP contribution < -0.4 is 10.6 Å². The monoisotopic (exact) mass is 285 g/mol. The zero-order valence-corrected chi connectivity index (χ0v) is 12.0. The van der Waals surface area contributed by atoms with Crippen molar-refractivity contribution < 1.29 is 0 Å². The van der Waals surface area contributed by atoms with Crippen LogP contribution in [0.2, 0.25) is 5.02 Å². The maximum atomic E-state index is 6.09. The second-order valence-electron chi connectivity index (χ2n) is 4.92. The van der Waals surface area contributed by atoms with Crippen LogP contribution in [0, 0.1) is 6.92 Å². The molecule has 20 heavy (non-hydrogen) atoms. The normalized spacial score (nSPS) is 18.2. The van der Waals surface area contributed by atoms with Gasteiger partial charge in [-0.05, 0) is 36.2 Å². The number of nitrogens with two attached hydrogens (primary N) is 1. The first-order valence-electron chi connectivity index (χ1n) is 6.57. The van der Waals surface area contributed by atoms with E-state index in [1.807, 2.05) is 41.3 Å². The van der Waals surface area contributed by atoms with E-state index in [9.17, 15) is 0 Å². The fraction of sp³-hybridized carbons (Fsp3) is 0.188. The van der Waals surface area contributed by atoms with Gasteiger partial charge < -0.3 is 10.6 Å². The Bertz CT molecular complexity index is 666. The third kappa shape index (κ3) is 2.25. The van der Waals surface area contributed by atoms with Crippen LogP contribution in [-0.4, -0.2) is 12.5 Å². The summed E-state index contributed by atoms with van der Waals surface area (Å²) in [6.45, 7) is 2.78. The maximum absolute atomic E-state index is 6.09. The van der Waals surface area contributed by atoms with Crippen molar-refractivity contribution in [2.45, 2.75) is 13.0 Å². The Balaban J connectivity index is 2.03. The molecule has 0 fully saturated rings. The highest BCUT2D eigenvalue weighted by atomic mass is 35.5. The minimum Gasteiger partial charge on any atom is -0.369 e. The van der Waals surface area contributed by atoms with Gasteiger partial charge in [-0.15, -0.1) is 0 Å². The second kappa shape index (κ2) is 5.17. The fourth-order valence-electron chi connectivity index (χ4n) is 2.63. The minimum absolute atomic E-state index is 0.134. The quantitative estimate of drug-likeness (QED) is 0.917. The van der Waals surface area contributed by atoms with Gasteiger partial charge in [0, 0.05) is 10.7 Å². The molecular weight excluding hydrogens is 270 g/mol. The number of hydrogen-bond acceptors (Lipinski definition) is 3. The van der Waals surface area contributed by atoms with Crippen LogP contribution in [0.25, 0.3) is 0 Å². The van der Waals surface area contributed by atoms with Crippen molar-refractivity contribution in [1.82, 2.24) is 0 Å². The summed E-state index contributed by atoms with van der Waals surface area (Å²) >= 11 is 6.09. The van der Waals surface area contributed by atoms with Crippen molar-refractivity contribution >= 4 is 23.2 Å². The first kappa shape index (κ1) is 13.0. The van der Waals surface area contributed by atoms with Gasteiger partial charge in [0.05, 0.1) is 12.6 Å². The average Bonchev–Trinajstić information content (AvgIpc) is 2.81. The Morgan fingerprint density at radius 1 is 1.20 bits per heavy atom. The van der Waals surface area contributed by atoms with E-state index in [4.69, 9.17) is 17.3 Å². The van der Waals surface area contributed by atoms with Gasteiger partial charge in [0.2, 0.25) is 0 Å². The van der Waals surface area contributed by atoms with E-state index >= 15 is 0 Å². The number of rotatable bonds is 2. The molecule has 1 aliphatic rings. The minimum atomic E-state index is 0.134. The van der Waals surface area contributed by atoms with Gasteiger partial charge in [0.25, 0.3) is 0 Å². The summed E-state index contributed by atoms with van der Waals surface area (Å²) in [5.41, 5.74) is 9.54. The molecule has 1 aliphatic heterocycles. The number of benzene rings is 2. The lowest BCUT2D eigenvalue weighted by Gasteiger charge is -2.27. The molecule has 4 heteroatoms. The Morgan fingerprint density at radius 2 is 2.00 bits per heavy atom. The van der Waals surface area contributed by atoms with Crippen molar-refractivity contribution in [1.29, 1.82) is 0 Å². The molecule has 0 aromatic heterocycles. The summed E-state index contributed by atoms with van der Waals surface area (Å²) < 4.78 is 0. The molecule has 0 spiro atoms. The largest absolute Gasteiger partial charge is 0.369 e. The molecule has 102 valence electrons. The molecule has 0 amide bonds. The third-order valence-corrected chi connectivity index (χ3v) is 3.85. The summed E-state index contributed by atoms with van der Waals surface area (Å²) in [6.07, 6.45) is 0. The average molecular weight is 286 g/mol. The summed E-state index contributed by atoms with van der Waals surface area (Å²) in [5.74, 6) is 0.542. The van der Waals surface area contributed by atoms with E-state index in [-0.39, 0.29) is 6.04 Å². The Hall–Kier alpha value is -2.00. The van der Waals surface area contributed by atoms with Crippen molar-refractivity contribution in [2.24, 2.45) is 10.7 Å². The summed E-state index contributed by atoms with van der Waals surface area (Å²) in [4.78, 5) is 6.45. The van der Waals surface area contributed by atoms with Crippen LogP contribution in [-0.2, 0) is 0 Å². The number of hydrogen-bond donors (Lipinski definition) is 1. The Morgan fingerprint density at radius 3 is 2.75 bits per heavy atom. The molecule has 2 N–H and O–H groups in total. The SMILES string of the molecule is Cc1ccccc1C1CN=C(N)N1c1cccc(Cl)c1. The lowest BCUT2D eigenvalue weighted by atomic mass is 10.0. The molecule has 0 bridgehead atoms. The lowest BCUT2D eigenvalue weighted by Crippen LogP contribution is -2.36. The van der Waals surface area contributed by atoms with Crippen LogP contribution in [0.3, 0.4) is 0 Å². The van der Waals surface area contributed by atoms with Crippen molar-refractivity contribution in [2.75, 3.05) is 11.4 Å². The molecular formula is C16H16ClN3. The van der Waals surface area contributed by atoms with E-state index in [1.54, 1.807) is 0 Å². The molecule has 0 aliphatic carbocycles. The molecule has 2 aromatic rings. The number of nitrogens with zero attached hydrogens (tertiary/aromatic N) is 2. The van der Waals surface area contributed by atoms with E-state index in [0.29, 0.717) is 17.5 Å². The number of aryl methyl sites for hydroxylation is 1. The van der Waals surface area contributed by atoms with E-state index in [2.05, 4.69) is 24.0 Å². The number of anilines is 1. The zero-order chi connectivity index (χ0) is 14.1. The summed E-state index contributed by atoms with van der Waals surface area (Å²) in [5, 5.41) is 0.700. The van der Waals surface area contributed by atoms with Gasteiger partial charge in [0.1, 0.15) is 0 Å². The number of aliphatic imine (C=N–C) groups is 1. The number of halogens is 1. The standard InChI is InChI=1S/C16H16ClN3/c1-11-5-2-3-8-14(11)15-10-19-16(18)20(15)13-7-4-6-12(17)9-13/h2-9,15H,10H2,1H3,(H2,18,19). The molecule has 2 aromatic carbocycles.